The summed E-state index contributed by atoms with van der Waals surface area (Å²) >= 11 is 0. The second kappa shape index (κ2) is 4.59. The Morgan fingerprint density at radius 2 is 2.20 bits per heavy atom. The van der Waals surface area contributed by atoms with Crippen LogP contribution in [0.1, 0.15) is 5.56 Å². The Hall–Kier alpha value is -1.84. The predicted octanol–water partition coefficient (Wildman–Crippen LogP) is 1.36. The maximum Gasteiger partial charge on any atom is 0.146 e. The molecule has 0 atom stereocenters. The maximum atomic E-state index is 8.47. The zero-order valence-corrected chi connectivity index (χ0v) is 8.37. The third kappa shape index (κ3) is 2.34. The Kier molecular flexibility index (Phi) is 2.97. The molecule has 15 heavy (non-hydrogen) atoms. The van der Waals surface area contributed by atoms with Crippen LogP contribution in [-0.2, 0) is 6.54 Å². The van der Waals surface area contributed by atoms with E-state index in [-0.39, 0.29) is 0 Å². The third-order valence-electron chi connectivity index (χ3n) is 2.36. The van der Waals surface area contributed by atoms with Crippen molar-refractivity contribution in [3.05, 3.63) is 35.9 Å². The molecule has 0 aromatic heterocycles. The Morgan fingerprint density at radius 3 is 2.93 bits per heavy atom. The lowest BCUT2D eigenvalue weighted by atomic mass is 10.2. The molecule has 1 aliphatic rings. The summed E-state index contributed by atoms with van der Waals surface area (Å²) in [6.07, 6.45) is 1.38. The van der Waals surface area contributed by atoms with Crippen molar-refractivity contribution in [2.75, 3.05) is 13.1 Å². The van der Waals surface area contributed by atoms with Crippen LogP contribution in [0.2, 0.25) is 0 Å². The van der Waals surface area contributed by atoms with Crippen molar-refractivity contribution in [2.24, 2.45) is 10.1 Å². The highest BCUT2D eigenvalue weighted by Gasteiger charge is 2.14. The second-order valence-electron chi connectivity index (χ2n) is 3.39. The highest BCUT2D eigenvalue weighted by atomic mass is 16.4. The normalized spacial score (nSPS) is 16.0. The van der Waals surface area contributed by atoms with E-state index in [0.717, 1.165) is 25.5 Å². The molecule has 0 saturated carbocycles. The van der Waals surface area contributed by atoms with Gasteiger partial charge in [-0.25, -0.2) is 0 Å². The number of amidine groups is 1. The molecule has 1 aliphatic heterocycles. The lowest BCUT2D eigenvalue weighted by Crippen LogP contribution is -2.28. The summed E-state index contributed by atoms with van der Waals surface area (Å²) in [7, 11) is 0. The van der Waals surface area contributed by atoms with Crippen molar-refractivity contribution in [1.29, 1.82) is 0 Å². The van der Waals surface area contributed by atoms with Crippen LogP contribution in [0.3, 0.4) is 0 Å². The van der Waals surface area contributed by atoms with Gasteiger partial charge in [-0.2, -0.15) is 0 Å². The van der Waals surface area contributed by atoms with Crippen LogP contribution in [0, 0.1) is 0 Å². The minimum Gasteiger partial charge on any atom is -0.411 e. The molecule has 0 unspecified atom stereocenters. The molecule has 4 nitrogen and oxygen atoms in total. The molecule has 78 valence electrons. The van der Waals surface area contributed by atoms with E-state index >= 15 is 0 Å². The molecule has 1 aromatic carbocycles. The van der Waals surface area contributed by atoms with Crippen molar-refractivity contribution in [2.45, 2.75) is 6.54 Å². The van der Waals surface area contributed by atoms with Gasteiger partial charge in [0.05, 0.1) is 6.54 Å². The first kappa shape index (κ1) is 9.71. The van der Waals surface area contributed by atoms with E-state index in [4.69, 9.17) is 5.21 Å². The zero-order chi connectivity index (χ0) is 10.5. The summed E-state index contributed by atoms with van der Waals surface area (Å²) in [6.45, 7) is 2.47. The standard InChI is InChI=1S/C11H13N3O/c15-13-8-11-12-6-7-14(11)9-10-4-2-1-3-5-10/h1-5,8,15H,6-7,9H2/b13-8+. The first-order valence-electron chi connectivity index (χ1n) is 4.91. The van der Waals surface area contributed by atoms with Crippen LogP contribution < -0.4 is 0 Å². The largest absolute Gasteiger partial charge is 0.411 e. The molecule has 0 amide bonds. The highest BCUT2D eigenvalue weighted by molar-refractivity contribution is 6.29. The van der Waals surface area contributed by atoms with Crippen LogP contribution in [0.4, 0.5) is 0 Å². The van der Waals surface area contributed by atoms with E-state index in [1.54, 1.807) is 0 Å². The Balaban J connectivity index is 2.04. The summed E-state index contributed by atoms with van der Waals surface area (Å²) in [5.41, 5.74) is 1.23. The summed E-state index contributed by atoms with van der Waals surface area (Å²) < 4.78 is 0. The van der Waals surface area contributed by atoms with E-state index < -0.39 is 0 Å². The molecule has 1 N–H and O–H groups in total. The SMILES string of the molecule is O/N=C/C1=NCCN1Cc1ccccc1. The second-order valence-corrected chi connectivity index (χ2v) is 3.39. The van der Waals surface area contributed by atoms with Crippen molar-refractivity contribution >= 4 is 12.1 Å². The molecule has 1 heterocycles. The fourth-order valence-corrected chi connectivity index (χ4v) is 1.64. The van der Waals surface area contributed by atoms with Gasteiger partial charge in [-0.05, 0) is 5.56 Å². The first-order chi connectivity index (χ1) is 7.40. The van der Waals surface area contributed by atoms with Gasteiger partial charge in [-0.1, -0.05) is 35.5 Å². The average Bonchev–Trinajstić information content (AvgIpc) is 2.68. The maximum absolute atomic E-state index is 8.47. The van der Waals surface area contributed by atoms with E-state index in [0.29, 0.717) is 0 Å². The molecule has 0 aliphatic carbocycles. The number of rotatable bonds is 3. The molecule has 4 heteroatoms. The smallest absolute Gasteiger partial charge is 0.146 e. The van der Waals surface area contributed by atoms with Gasteiger partial charge in [0.1, 0.15) is 12.1 Å². The van der Waals surface area contributed by atoms with Gasteiger partial charge in [0, 0.05) is 13.1 Å². The minimum atomic E-state index is 0.751. The third-order valence-corrected chi connectivity index (χ3v) is 2.36. The van der Waals surface area contributed by atoms with Gasteiger partial charge in [0.2, 0.25) is 0 Å². The van der Waals surface area contributed by atoms with E-state index in [9.17, 15) is 0 Å². The Morgan fingerprint density at radius 1 is 1.40 bits per heavy atom. The topological polar surface area (TPSA) is 48.2 Å². The number of hydrogen-bond acceptors (Lipinski definition) is 4. The fourth-order valence-electron chi connectivity index (χ4n) is 1.64. The Bertz CT molecular complexity index is 373. The fraction of sp³-hybridized carbons (Fsp3) is 0.273. The van der Waals surface area contributed by atoms with Crippen molar-refractivity contribution in [1.82, 2.24) is 4.90 Å². The van der Waals surface area contributed by atoms with E-state index in [1.807, 2.05) is 18.2 Å². The molecule has 0 radical (unpaired) electrons. The minimum absolute atomic E-state index is 0.751. The van der Waals surface area contributed by atoms with Crippen LogP contribution in [-0.4, -0.2) is 35.2 Å². The van der Waals surface area contributed by atoms with Crippen LogP contribution in [0.25, 0.3) is 0 Å². The first-order valence-corrected chi connectivity index (χ1v) is 4.91. The molecule has 0 spiro atoms. The number of hydrogen-bond donors (Lipinski definition) is 1. The number of aliphatic imine (C=N–C) groups is 1. The van der Waals surface area contributed by atoms with Crippen LogP contribution in [0.15, 0.2) is 40.5 Å². The molecular weight excluding hydrogens is 190 g/mol. The average molecular weight is 203 g/mol. The van der Waals surface area contributed by atoms with Crippen LogP contribution in [0.5, 0.6) is 0 Å². The highest BCUT2D eigenvalue weighted by Crippen LogP contribution is 2.08. The molecular formula is C11H13N3O. The summed E-state index contributed by atoms with van der Waals surface area (Å²) in [5, 5.41) is 11.5. The summed E-state index contributed by atoms with van der Waals surface area (Å²) in [6, 6.07) is 10.2. The van der Waals surface area contributed by atoms with Gasteiger partial charge in [0.25, 0.3) is 0 Å². The zero-order valence-electron chi connectivity index (χ0n) is 8.37. The predicted molar refractivity (Wildman–Crippen MR) is 59.4 cm³/mol. The lowest BCUT2D eigenvalue weighted by molar-refractivity contribution is 0.321. The van der Waals surface area contributed by atoms with Crippen molar-refractivity contribution in [3.8, 4) is 0 Å². The summed E-state index contributed by atoms with van der Waals surface area (Å²) in [4.78, 5) is 6.33. The molecule has 2 rings (SSSR count). The monoisotopic (exact) mass is 203 g/mol. The number of nitrogens with zero attached hydrogens (tertiary/aromatic N) is 3. The quantitative estimate of drug-likeness (QED) is 0.458. The van der Waals surface area contributed by atoms with Gasteiger partial charge in [0.15, 0.2) is 0 Å². The van der Waals surface area contributed by atoms with Gasteiger partial charge >= 0.3 is 0 Å². The van der Waals surface area contributed by atoms with Gasteiger partial charge in [-0.15, -0.1) is 0 Å². The number of benzene rings is 1. The molecule has 0 bridgehead atoms. The van der Waals surface area contributed by atoms with Crippen molar-refractivity contribution in [3.63, 3.8) is 0 Å². The van der Waals surface area contributed by atoms with Crippen molar-refractivity contribution < 1.29 is 5.21 Å². The lowest BCUT2D eigenvalue weighted by Gasteiger charge is -2.17. The summed E-state index contributed by atoms with van der Waals surface area (Å²) in [5.74, 6) is 0.751. The Labute approximate surface area is 88.5 Å². The van der Waals surface area contributed by atoms with E-state index in [2.05, 4.69) is 27.2 Å². The number of oxime groups is 1. The molecule has 0 saturated heterocycles. The molecule has 1 aromatic rings. The van der Waals surface area contributed by atoms with E-state index in [1.165, 1.54) is 11.8 Å². The van der Waals surface area contributed by atoms with Gasteiger partial charge < -0.3 is 10.1 Å². The molecule has 0 fully saturated rings. The van der Waals surface area contributed by atoms with Crippen LogP contribution >= 0.6 is 0 Å². The van der Waals surface area contributed by atoms with Gasteiger partial charge in [-0.3, -0.25) is 4.99 Å².